The molecule has 3 N–H and O–H groups in total. The van der Waals surface area contributed by atoms with Gasteiger partial charge in [-0.25, -0.2) is 0 Å². The Kier molecular flexibility index (Phi) is 9.42. The summed E-state index contributed by atoms with van der Waals surface area (Å²) in [6.45, 7) is 5.59. The van der Waals surface area contributed by atoms with Gasteiger partial charge < -0.3 is 20.7 Å². The Morgan fingerprint density at radius 2 is 1.87 bits per heavy atom. The van der Waals surface area contributed by atoms with E-state index in [1.165, 1.54) is 16.7 Å². The van der Waals surface area contributed by atoms with E-state index < -0.39 is 0 Å². The van der Waals surface area contributed by atoms with Gasteiger partial charge in [-0.2, -0.15) is 0 Å². The molecule has 1 saturated carbocycles. The molecule has 1 fully saturated rings. The lowest BCUT2D eigenvalue weighted by Crippen LogP contribution is -2.36. The molecule has 162 valence electrons. The van der Waals surface area contributed by atoms with Gasteiger partial charge in [-0.15, -0.1) is 24.0 Å². The lowest BCUT2D eigenvalue weighted by molar-refractivity contribution is -0.123. The SMILES string of the molecule is CN=C(NCc1cccc(OCC(=O)NC2CC2)c1)NCc1ccc(C)cc1C.I. The lowest BCUT2D eigenvalue weighted by Gasteiger charge is -2.14. The number of nitrogens with zero attached hydrogens (tertiary/aromatic N) is 1. The first-order valence-electron chi connectivity index (χ1n) is 10.1. The molecule has 0 bridgehead atoms. The van der Waals surface area contributed by atoms with Crippen molar-refractivity contribution in [2.24, 2.45) is 4.99 Å². The molecule has 0 radical (unpaired) electrons. The molecule has 0 aliphatic heterocycles. The van der Waals surface area contributed by atoms with Crippen molar-refractivity contribution in [3.05, 3.63) is 64.7 Å². The fourth-order valence-electron chi connectivity index (χ4n) is 3.02. The van der Waals surface area contributed by atoms with Gasteiger partial charge in [0.2, 0.25) is 0 Å². The van der Waals surface area contributed by atoms with Crippen molar-refractivity contribution in [1.82, 2.24) is 16.0 Å². The van der Waals surface area contributed by atoms with Crippen LogP contribution >= 0.6 is 24.0 Å². The molecular weight excluding hydrogens is 491 g/mol. The number of amides is 1. The second-order valence-corrected chi connectivity index (χ2v) is 7.49. The zero-order valence-corrected chi connectivity index (χ0v) is 20.2. The summed E-state index contributed by atoms with van der Waals surface area (Å²) in [5.41, 5.74) is 4.84. The van der Waals surface area contributed by atoms with Crippen LogP contribution in [0.1, 0.15) is 35.1 Å². The number of carbonyl (C=O) groups is 1. The first-order chi connectivity index (χ1) is 14.0. The van der Waals surface area contributed by atoms with Crippen LogP contribution in [0.2, 0.25) is 0 Å². The predicted molar refractivity (Wildman–Crippen MR) is 131 cm³/mol. The van der Waals surface area contributed by atoms with Gasteiger partial charge in [0.25, 0.3) is 5.91 Å². The zero-order valence-electron chi connectivity index (χ0n) is 17.8. The summed E-state index contributed by atoms with van der Waals surface area (Å²) in [5, 5.41) is 9.59. The number of hydrogen-bond acceptors (Lipinski definition) is 3. The van der Waals surface area contributed by atoms with Gasteiger partial charge in [0.05, 0.1) is 0 Å². The number of rotatable bonds is 8. The minimum atomic E-state index is -0.0629. The van der Waals surface area contributed by atoms with Crippen LogP contribution in [0, 0.1) is 13.8 Å². The Labute approximate surface area is 195 Å². The maximum absolute atomic E-state index is 11.8. The van der Waals surface area contributed by atoms with E-state index in [2.05, 4.69) is 53.0 Å². The van der Waals surface area contributed by atoms with Gasteiger partial charge in [0.1, 0.15) is 5.75 Å². The molecule has 0 spiro atoms. The molecule has 1 amide bonds. The summed E-state index contributed by atoms with van der Waals surface area (Å²) in [6.07, 6.45) is 2.15. The van der Waals surface area contributed by atoms with E-state index >= 15 is 0 Å². The average Bonchev–Trinajstić information content (AvgIpc) is 3.52. The number of guanidine groups is 1. The monoisotopic (exact) mass is 522 g/mol. The second-order valence-electron chi connectivity index (χ2n) is 7.49. The molecule has 1 aliphatic rings. The van der Waals surface area contributed by atoms with E-state index in [0.29, 0.717) is 24.9 Å². The number of hydrogen-bond donors (Lipinski definition) is 3. The summed E-state index contributed by atoms with van der Waals surface area (Å²) in [6, 6.07) is 14.5. The highest BCUT2D eigenvalue weighted by molar-refractivity contribution is 14.0. The maximum atomic E-state index is 11.8. The summed E-state index contributed by atoms with van der Waals surface area (Å²) < 4.78 is 5.61. The number of nitrogens with one attached hydrogen (secondary N) is 3. The quantitative estimate of drug-likeness (QED) is 0.282. The summed E-state index contributed by atoms with van der Waals surface area (Å²) in [4.78, 5) is 16.1. The molecule has 0 saturated heterocycles. The van der Waals surface area contributed by atoms with Crippen molar-refractivity contribution >= 4 is 35.8 Å². The second kappa shape index (κ2) is 11.8. The number of aliphatic imine (C=N–C) groups is 1. The van der Waals surface area contributed by atoms with Crippen molar-refractivity contribution in [3.8, 4) is 5.75 Å². The van der Waals surface area contributed by atoms with Crippen LogP contribution in [-0.2, 0) is 17.9 Å². The standard InChI is InChI=1S/C23H30N4O2.HI/c1-16-7-8-19(17(2)11-16)14-26-23(24-3)25-13-18-5-4-6-21(12-18)29-15-22(28)27-20-9-10-20;/h4-8,11-12,20H,9-10,13-15H2,1-3H3,(H,27,28)(H2,24,25,26);1H. The fourth-order valence-corrected chi connectivity index (χ4v) is 3.02. The Hall–Kier alpha value is -2.29. The van der Waals surface area contributed by atoms with E-state index in [-0.39, 0.29) is 36.5 Å². The van der Waals surface area contributed by atoms with E-state index in [0.717, 1.165) is 24.4 Å². The van der Waals surface area contributed by atoms with Crippen molar-refractivity contribution in [2.45, 2.75) is 45.8 Å². The average molecular weight is 522 g/mol. The van der Waals surface area contributed by atoms with Gasteiger partial charge in [-0.3, -0.25) is 9.79 Å². The first-order valence-corrected chi connectivity index (χ1v) is 10.1. The highest BCUT2D eigenvalue weighted by atomic mass is 127. The lowest BCUT2D eigenvalue weighted by atomic mass is 10.1. The van der Waals surface area contributed by atoms with Crippen LogP contribution in [0.15, 0.2) is 47.5 Å². The van der Waals surface area contributed by atoms with E-state index in [4.69, 9.17) is 4.74 Å². The fraction of sp³-hybridized carbons (Fsp3) is 0.391. The van der Waals surface area contributed by atoms with Gasteiger partial charge in [-0.05, 0) is 55.5 Å². The van der Waals surface area contributed by atoms with Crippen LogP contribution in [0.5, 0.6) is 5.75 Å². The highest BCUT2D eigenvalue weighted by Gasteiger charge is 2.23. The number of halogens is 1. The van der Waals surface area contributed by atoms with Crippen LogP contribution in [0.4, 0.5) is 0 Å². The predicted octanol–water partition coefficient (Wildman–Crippen LogP) is 3.44. The number of ether oxygens (including phenoxy) is 1. The number of benzene rings is 2. The van der Waals surface area contributed by atoms with Crippen LogP contribution < -0.4 is 20.7 Å². The third kappa shape index (κ3) is 7.85. The molecule has 0 aromatic heterocycles. The molecule has 6 nitrogen and oxygen atoms in total. The largest absolute Gasteiger partial charge is 0.484 e. The number of aryl methyl sites for hydroxylation is 2. The van der Waals surface area contributed by atoms with Crippen molar-refractivity contribution in [1.29, 1.82) is 0 Å². The third-order valence-corrected chi connectivity index (χ3v) is 4.84. The Balaban J connectivity index is 0.00000320. The van der Waals surface area contributed by atoms with Gasteiger partial charge >= 0.3 is 0 Å². The van der Waals surface area contributed by atoms with Crippen LogP contribution in [-0.4, -0.2) is 31.6 Å². The first kappa shape index (κ1) is 24.0. The summed E-state index contributed by atoms with van der Waals surface area (Å²) in [5.74, 6) is 1.36. The summed E-state index contributed by atoms with van der Waals surface area (Å²) >= 11 is 0. The molecule has 0 unspecified atom stereocenters. The molecule has 1 aliphatic carbocycles. The molecule has 30 heavy (non-hydrogen) atoms. The molecule has 7 heteroatoms. The van der Waals surface area contributed by atoms with Crippen LogP contribution in [0.3, 0.4) is 0 Å². The smallest absolute Gasteiger partial charge is 0.258 e. The Morgan fingerprint density at radius 3 is 2.57 bits per heavy atom. The van der Waals surface area contributed by atoms with Gasteiger partial charge in [0.15, 0.2) is 12.6 Å². The van der Waals surface area contributed by atoms with E-state index in [1.54, 1.807) is 7.05 Å². The summed E-state index contributed by atoms with van der Waals surface area (Å²) in [7, 11) is 1.76. The normalized spacial score (nSPS) is 13.2. The van der Waals surface area contributed by atoms with E-state index in [9.17, 15) is 4.79 Å². The Bertz CT molecular complexity index is 881. The Morgan fingerprint density at radius 1 is 1.10 bits per heavy atom. The molecule has 0 atom stereocenters. The molecule has 2 aromatic carbocycles. The minimum Gasteiger partial charge on any atom is -0.484 e. The number of carbonyl (C=O) groups excluding carboxylic acids is 1. The maximum Gasteiger partial charge on any atom is 0.258 e. The topological polar surface area (TPSA) is 74.8 Å². The van der Waals surface area contributed by atoms with Crippen molar-refractivity contribution < 1.29 is 9.53 Å². The van der Waals surface area contributed by atoms with E-state index in [1.807, 2.05) is 24.3 Å². The van der Waals surface area contributed by atoms with Crippen molar-refractivity contribution in [2.75, 3.05) is 13.7 Å². The van der Waals surface area contributed by atoms with Gasteiger partial charge in [0, 0.05) is 26.2 Å². The van der Waals surface area contributed by atoms with Gasteiger partial charge in [-0.1, -0.05) is 35.9 Å². The van der Waals surface area contributed by atoms with Crippen LogP contribution in [0.25, 0.3) is 0 Å². The molecule has 3 rings (SSSR count). The zero-order chi connectivity index (χ0) is 20.6. The minimum absolute atomic E-state index is 0. The highest BCUT2D eigenvalue weighted by Crippen LogP contribution is 2.18. The molecule has 2 aromatic rings. The third-order valence-electron chi connectivity index (χ3n) is 4.84. The van der Waals surface area contributed by atoms with Crippen molar-refractivity contribution in [3.63, 3.8) is 0 Å². The molecule has 0 heterocycles. The molecular formula is C23H31IN4O2.